The fourth-order valence-electron chi connectivity index (χ4n) is 3.17. The summed E-state index contributed by atoms with van der Waals surface area (Å²) in [5, 5.41) is 23.3. The van der Waals surface area contributed by atoms with Crippen molar-refractivity contribution >= 4 is 49.4 Å². The average molecular weight is 602 g/mol. The Morgan fingerprint density at radius 3 is 2.37 bits per heavy atom. The molecule has 1 amide bonds. The molecule has 0 aliphatic rings. The van der Waals surface area contributed by atoms with Gasteiger partial charge in [-0.25, -0.2) is 0 Å². The van der Waals surface area contributed by atoms with Gasteiger partial charge in [0, 0.05) is 0 Å². The SMILES string of the molecule is COc1ccc(NC(=O)/C(C#N)=C/c2cc(Br)c(OS(=O)(=O)c3ccc(C)cc3)c(OC)c2)c([N+](=O)[O-])c1. The first-order valence-electron chi connectivity index (χ1n) is 10.6. The standard InChI is InChI=1S/C25H20BrN3O8S/c1-15-4-7-19(8-5-15)38(33,34)37-24-20(26)11-16(12-23(24)36-3)10-17(14-27)25(30)28-21-9-6-18(35-2)13-22(21)29(31)32/h4-13H,1-3H3,(H,28,30)/b17-10+. The number of carbonyl (C=O) groups excluding carboxylic acids is 1. The first kappa shape index (κ1) is 28.2. The molecule has 0 spiro atoms. The Hall–Kier alpha value is -4.41. The number of nitrogens with zero attached hydrogens (tertiary/aromatic N) is 2. The van der Waals surface area contributed by atoms with E-state index in [1.165, 1.54) is 56.7 Å². The van der Waals surface area contributed by atoms with E-state index in [-0.39, 0.29) is 43.4 Å². The number of rotatable bonds is 9. The second-order valence-electron chi connectivity index (χ2n) is 7.65. The predicted octanol–water partition coefficient (Wildman–Crippen LogP) is 5.00. The van der Waals surface area contributed by atoms with E-state index in [1.807, 2.05) is 6.92 Å². The fourth-order valence-corrected chi connectivity index (χ4v) is 4.77. The van der Waals surface area contributed by atoms with Gasteiger partial charge in [-0.05, 0) is 70.9 Å². The minimum absolute atomic E-state index is 0.00445. The largest absolute Gasteiger partial charge is 0.496 e. The number of nitrogens with one attached hydrogen (secondary N) is 1. The lowest BCUT2D eigenvalue weighted by molar-refractivity contribution is -0.384. The number of nitriles is 1. The minimum atomic E-state index is -4.20. The van der Waals surface area contributed by atoms with E-state index < -0.39 is 26.6 Å². The van der Waals surface area contributed by atoms with Crippen molar-refractivity contribution in [2.75, 3.05) is 19.5 Å². The maximum Gasteiger partial charge on any atom is 0.339 e. The number of anilines is 1. The van der Waals surface area contributed by atoms with Crippen LogP contribution in [0.5, 0.6) is 17.2 Å². The number of benzene rings is 3. The van der Waals surface area contributed by atoms with Crippen LogP contribution >= 0.6 is 15.9 Å². The number of carbonyl (C=O) groups is 1. The van der Waals surface area contributed by atoms with Gasteiger partial charge in [-0.3, -0.25) is 14.9 Å². The van der Waals surface area contributed by atoms with Crippen LogP contribution in [0.3, 0.4) is 0 Å². The molecule has 13 heteroatoms. The zero-order valence-corrected chi connectivity index (χ0v) is 22.6. The molecular formula is C25H20BrN3O8S. The number of hydrogen-bond acceptors (Lipinski definition) is 9. The number of ether oxygens (including phenoxy) is 2. The van der Waals surface area contributed by atoms with E-state index in [0.29, 0.717) is 0 Å². The topological polar surface area (TPSA) is 158 Å². The Morgan fingerprint density at radius 1 is 1.11 bits per heavy atom. The van der Waals surface area contributed by atoms with E-state index in [9.17, 15) is 28.6 Å². The number of nitro benzene ring substituents is 1. The summed E-state index contributed by atoms with van der Waals surface area (Å²) in [4.78, 5) is 23.4. The molecule has 0 saturated carbocycles. The minimum Gasteiger partial charge on any atom is -0.496 e. The van der Waals surface area contributed by atoms with Gasteiger partial charge in [0.15, 0.2) is 11.5 Å². The third kappa shape index (κ3) is 6.47. The van der Waals surface area contributed by atoms with Gasteiger partial charge in [-0.15, -0.1) is 0 Å². The summed E-state index contributed by atoms with van der Waals surface area (Å²) in [5.41, 5.74) is 0.217. The van der Waals surface area contributed by atoms with Crippen molar-refractivity contribution in [2.24, 2.45) is 0 Å². The average Bonchev–Trinajstić information content (AvgIpc) is 2.88. The Morgan fingerprint density at radius 2 is 1.79 bits per heavy atom. The Balaban J connectivity index is 1.93. The monoisotopic (exact) mass is 601 g/mol. The molecule has 0 saturated heterocycles. The van der Waals surface area contributed by atoms with Crippen molar-refractivity contribution in [1.82, 2.24) is 0 Å². The molecule has 0 aliphatic heterocycles. The summed E-state index contributed by atoms with van der Waals surface area (Å²) >= 11 is 3.25. The molecule has 0 fully saturated rings. The second-order valence-corrected chi connectivity index (χ2v) is 10.0. The molecule has 0 heterocycles. The van der Waals surface area contributed by atoms with Crippen molar-refractivity contribution < 1.29 is 31.8 Å². The summed E-state index contributed by atoms with van der Waals surface area (Å²) in [6, 6.07) is 14.5. The van der Waals surface area contributed by atoms with Crippen molar-refractivity contribution in [1.29, 1.82) is 5.26 Å². The van der Waals surface area contributed by atoms with Gasteiger partial charge in [0.25, 0.3) is 11.6 Å². The van der Waals surface area contributed by atoms with Crippen molar-refractivity contribution in [3.05, 3.63) is 85.9 Å². The summed E-state index contributed by atoms with van der Waals surface area (Å²) in [6.07, 6.45) is 1.20. The Bertz CT molecular complexity index is 1580. The number of hydrogen-bond donors (Lipinski definition) is 1. The Kier molecular flexibility index (Phi) is 8.72. The van der Waals surface area contributed by atoms with Crippen LogP contribution in [0.4, 0.5) is 11.4 Å². The smallest absolute Gasteiger partial charge is 0.339 e. The molecule has 0 unspecified atom stereocenters. The van der Waals surface area contributed by atoms with Crippen LogP contribution in [0.15, 0.2) is 69.5 Å². The summed E-state index contributed by atoms with van der Waals surface area (Å²) < 4.78 is 41.2. The van der Waals surface area contributed by atoms with Gasteiger partial charge in [0.2, 0.25) is 0 Å². The molecule has 11 nitrogen and oxygen atoms in total. The van der Waals surface area contributed by atoms with E-state index in [1.54, 1.807) is 18.2 Å². The summed E-state index contributed by atoms with van der Waals surface area (Å²) in [7, 11) is -1.56. The lowest BCUT2D eigenvalue weighted by Crippen LogP contribution is -2.14. The van der Waals surface area contributed by atoms with Crippen LogP contribution in [-0.2, 0) is 14.9 Å². The molecule has 3 aromatic rings. The first-order valence-corrected chi connectivity index (χ1v) is 12.8. The van der Waals surface area contributed by atoms with E-state index in [0.717, 1.165) is 11.6 Å². The van der Waals surface area contributed by atoms with Crippen molar-refractivity contribution in [3.8, 4) is 23.3 Å². The molecule has 0 aromatic heterocycles. The molecule has 0 bridgehead atoms. The van der Waals surface area contributed by atoms with Gasteiger partial charge in [0.05, 0.1) is 29.7 Å². The van der Waals surface area contributed by atoms with Crippen molar-refractivity contribution in [2.45, 2.75) is 11.8 Å². The second kappa shape index (κ2) is 11.8. The Labute approximate surface area is 226 Å². The molecule has 0 radical (unpaired) electrons. The highest BCUT2D eigenvalue weighted by atomic mass is 79.9. The number of amides is 1. The number of methoxy groups -OCH3 is 2. The molecule has 0 aliphatic carbocycles. The third-order valence-corrected chi connectivity index (χ3v) is 6.90. The lowest BCUT2D eigenvalue weighted by atomic mass is 10.1. The van der Waals surface area contributed by atoms with E-state index in [2.05, 4.69) is 21.2 Å². The van der Waals surface area contributed by atoms with Gasteiger partial charge in [0.1, 0.15) is 28.0 Å². The molecule has 196 valence electrons. The quantitative estimate of drug-likeness (QED) is 0.117. The van der Waals surface area contributed by atoms with E-state index in [4.69, 9.17) is 13.7 Å². The maximum atomic E-state index is 12.8. The maximum absolute atomic E-state index is 12.8. The lowest BCUT2D eigenvalue weighted by Gasteiger charge is -2.14. The highest BCUT2D eigenvalue weighted by Crippen LogP contribution is 2.39. The summed E-state index contributed by atoms with van der Waals surface area (Å²) in [6.45, 7) is 1.82. The van der Waals surface area contributed by atoms with Crippen LogP contribution in [0.1, 0.15) is 11.1 Å². The molecule has 3 rings (SSSR count). The molecule has 3 aromatic carbocycles. The molecule has 0 atom stereocenters. The number of halogens is 1. The highest BCUT2D eigenvalue weighted by Gasteiger charge is 2.23. The van der Waals surface area contributed by atoms with Gasteiger partial charge in [-0.1, -0.05) is 17.7 Å². The zero-order valence-electron chi connectivity index (χ0n) is 20.2. The zero-order chi connectivity index (χ0) is 28.0. The van der Waals surface area contributed by atoms with Crippen LogP contribution in [0.25, 0.3) is 6.08 Å². The fraction of sp³-hybridized carbons (Fsp3) is 0.120. The van der Waals surface area contributed by atoms with Crippen LogP contribution in [0.2, 0.25) is 0 Å². The van der Waals surface area contributed by atoms with Gasteiger partial charge in [-0.2, -0.15) is 13.7 Å². The third-order valence-electron chi connectivity index (χ3n) is 5.08. The van der Waals surface area contributed by atoms with Gasteiger partial charge < -0.3 is 19.0 Å². The predicted molar refractivity (Wildman–Crippen MR) is 142 cm³/mol. The number of aryl methyl sites for hydroxylation is 1. The first-order chi connectivity index (χ1) is 18.0. The highest BCUT2D eigenvalue weighted by molar-refractivity contribution is 9.10. The molecule has 38 heavy (non-hydrogen) atoms. The molecule has 1 N–H and O–H groups in total. The van der Waals surface area contributed by atoms with Crippen LogP contribution < -0.4 is 19.0 Å². The molecular weight excluding hydrogens is 582 g/mol. The van der Waals surface area contributed by atoms with Gasteiger partial charge >= 0.3 is 10.1 Å². The van der Waals surface area contributed by atoms with Crippen LogP contribution in [-0.4, -0.2) is 33.5 Å². The normalized spacial score (nSPS) is 11.3. The summed E-state index contributed by atoms with van der Waals surface area (Å²) in [5.74, 6) is -0.820. The van der Waals surface area contributed by atoms with Crippen LogP contribution in [0, 0.1) is 28.4 Å². The van der Waals surface area contributed by atoms with E-state index >= 15 is 0 Å². The van der Waals surface area contributed by atoms with Crippen molar-refractivity contribution in [3.63, 3.8) is 0 Å². The number of nitro groups is 1.